The summed E-state index contributed by atoms with van der Waals surface area (Å²) in [7, 11) is 1.99. The van der Waals surface area contributed by atoms with Crippen molar-refractivity contribution in [3.63, 3.8) is 0 Å². The maximum atomic E-state index is 4.44. The molecular weight excluding hydrogens is 232 g/mol. The standard InChI is InChI=1S/C12H18N4S/c1-5-10-6-13-11(17-10)9(3)15-12-14-8(2)7-16(12)4/h6-7,9H,5H2,1-4H3,(H,14,15). The Morgan fingerprint density at radius 3 is 2.82 bits per heavy atom. The van der Waals surface area contributed by atoms with E-state index < -0.39 is 0 Å². The van der Waals surface area contributed by atoms with Crippen LogP contribution in [0.1, 0.15) is 35.5 Å². The smallest absolute Gasteiger partial charge is 0.203 e. The molecule has 0 saturated carbocycles. The highest BCUT2D eigenvalue weighted by atomic mass is 32.1. The Labute approximate surface area is 106 Å². The second-order valence-electron chi connectivity index (χ2n) is 4.20. The van der Waals surface area contributed by atoms with Gasteiger partial charge in [0, 0.05) is 24.3 Å². The van der Waals surface area contributed by atoms with Crippen LogP contribution in [-0.2, 0) is 13.5 Å². The van der Waals surface area contributed by atoms with E-state index in [1.54, 1.807) is 11.3 Å². The summed E-state index contributed by atoms with van der Waals surface area (Å²) in [6.07, 6.45) is 5.02. The van der Waals surface area contributed by atoms with Crippen LogP contribution in [0.2, 0.25) is 0 Å². The van der Waals surface area contributed by atoms with E-state index >= 15 is 0 Å². The van der Waals surface area contributed by atoms with Gasteiger partial charge in [-0.05, 0) is 20.3 Å². The van der Waals surface area contributed by atoms with Crippen molar-refractivity contribution < 1.29 is 0 Å². The predicted molar refractivity (Wildman–Crippen MR) is 71.5 cm³/mol. The first-order valence-electron chi connectivity index (χ1n) is 5.81. The average molecular weight is 250 g/mol. The molecule has 1 atom stereocenters. The average Bonchev–Trinajstić information content (AvgIpc) is 2.86. The summed E-state index contributed by atoms with van der Waals surface area (Å²) >= 11 is 1.76. The van der Waals surface area contributed by atoms with Crippen LogP contribution in [0.3, 0.4) is 0 Å². The number of hydrogen-bond donors (Lipinski definition) is 1. The highest BCUT2D eigenvalue weighted by Crippen LogP contribution is 2.23. The Hall–Kier alpha value is -1.36. The Balaban J connectivity index is 2.10. The number of nitrogens with one attached hydrogen (secondary N) is 1. The zero-order valence-corrected chi connectivity index (χ0v) is 11.5. The molecule has 17 heavy (non-hydrogen) atoms. The van der Waals surface area contributed by atoms with Crippen LogP contribution in [0.15, 0.2) is 12.4 Å². The molecular formula is C12H18N4S. The Bertz CT molecular complexity index is 500. The van der Waals surface area contributed by atoms with Crippen LogP contribution in [0.5, 0.6) is 0 Å². The van der Waals surface area contributed by atoms with Crippen molar-refractivity contribution in [3.05, 3.63) is 28.0 Å². The van der Waals surface area contributed by atoms with Crippen molar-refractivity contribution in [1.82, 2.24) is 14.5 Å². The Kier molecular flexibility index (Phi) is 3.47. The van der Waals surface area contributed by atoms with Gasteiger partial charge in [-0.1, -0.05) is 6.92 Å². The van der Waals surface area contributed by atoms with Gasteiger partial charge in [-0.15, -0.1) is 11.3 Å². The number of aryl methyl sites for hydroxylation is 3. The van der Waals surface area contributed by atoms with Crippen LogP contribution < -0.4 is 5.32 Å². The van der Waals surface area contributed by atoms with Gasteiger partial charge in [0.15, 0.2) is 0 Å². The van der Waals surface area contributed by atoms with E-state index in [2.05, 4.69) is 29.1 Å². The minimum absolute atomic E-state index is 0.195. The molecule has 0 bridgehead atoms. The second-order valence-corrected chi connectivity index (χ2v) is 5.35. The fourth-order valence-electron chi connectivity index (χ4n) is 1.69. The van der Waals surface area contributed by atoms with Crippen LogP contribution in [0.4, 0.5) is 5.95 Å². The van der Waals surface area contributed by atoms with Gasteiger partial charge in [0.25, 0.3) is 0 Å². The topological polar surface area (TPSA) is 42.7 Å². The summed E-state index contributed by atoms with van der Waals surface area (Å²) < 4.78 is 2.00. The molecule has 2 heterocycles. The predicted octanol–water partition coefficient (Wildman–Crippen LogP) is 2.92. The zero-order chi connectivity index (χ0) is 12.4. The summed E-state index contributed by atoms with van der Waals surface area (Å²) in [6.45, 7) is 6.26. The third kappa shape index (κ3) is 2.66. The number of thiazole rings is 1. The van der Waals surface area contributed by atoms with Gasteiger partial charge in [0.1, 0.15) is 5.01 Å². The van der Waals surface area contributed by atoms with Crippen molar-refractivity contribution in [2.75, 3.05) is 5.32 Å². The van der Waals surface area contributed by atoms with Crippen molar-refractivity contribution >= 4 is 17.3 Å². The Morgan fingerprint density at radius 1 is 1.53 bits per heavy atom. The van der Waals surface area contributed by atoms with Crippen LogP contribution >= 0.6 is 11.3 Å². The zero-order valence-electron chi connectivity index (χ0n) is 10.7. The van der Waals surface area contributed by atoms with E-state index in [1.807, 2.05) is 30.9 Å². The molecule has 1 unspecified atom stereocenters. The lowest BCUT2D eigenvalue weighted by atomic mass is 10.3. The molecule has 0 spiro atoms. The minimum atomic E-state index is 0.195. The maximum Gasteiger partial charge on any atom is 0.203 e. The first kappa shape index (κ1) is 12.1. The number of rotatable bonds is 4. The number of aromatic nitrogens is 3. The van der Waals surface area contributed by atoms with E-state index in [0.29, 0.717) is 0 Å². The molecule has 2 aromatic heterocycles. The molecule has 2 rings (SSSR count). The van der Waals surface area contributed by atoms with Gasteiger partial charge in [-0.25, -0.2) is 9.97 Å². The van der Waals surface area contributed by atoms with Gasteiger partial charge < -0.3 is 9.88 Å². The largest absolute Gasteiger partial charge is 0.347 e. The summed E-state index contributed by atoms with van der Waals surface area (Å²) in [5.41, 5.74) is 1.02. The van der Waals surface area contributed by atoms with Crippen molar-refractivity contribution in [2.24, 2.45) is 7.05 Å². The van der Waals surface area contributed by atoms with Gasteiger partial charge in [-0.3, -0.25) is 0 Å². The van der Waals surface area contributed by atoms with Gasteiger partial charge in [0.2, 0.25) is 5.95 Å². The molecule has 0 aliphatic carbocycles. The van der Waals surface area contributed by atoms with E-state index in [1.165, 1.54) is 4.88 Å². The van der Waals surface area contributed by atoms with Crippen molar-refractivity contribution in [1.29, 1.82) is 0 Å². The van der Waals surface area contributed by atoms with E-state index in [4.69, 9.17) is 0 Å². The molecule has 0 radical (unpaired) electrons. The number of anilines is 1. The molecule has 0 aromatic carbocycles. The van der Waals surface area contributed by atoms with Gasteiger partial charge in [-0.2, -0.15) is 0 Å². The fourth-order valence-corrected chi connectivity index (χ4v) is 2.55. The highest BCUT2D eigenvalue weighted by Gasteiger charge is 2.12. The molecule has 5 heteroatoms. The molecule has 0 fully saturated rings. The molecule has 92 valence electrons. The van der Waals surface area contributed by atoms with E-state index in [9.17, 15) is 0 Å². The third-order valence-electron chi connectivity index (χ3n) is 2.63. The molecule has 0 aliphatic heterocycles. The summed E-state index contributed by atoms with van der Waals surface area (Å²) in [4.78, 5) is 10.2. The van der Waals surface area contributed by atoms with E-state index in [0.717, 1.165) is 23.1 Å². The molecule has 4 nitrogen and oxygen atoms in total. The third-order valence-corrected chi connectivity index (χ3v) is 3.96. The number of nitrogens with zero attached hydrogens (tertiary/aromatic N) is 3. The lowest BCUT2D eigenvalue weighted by molar-refractivity contribution is 0.815. The van der Waals surface area contributed by atoms with Crippen molar-refractivity contribution in [2.45, 2.75) is 33.2 Å². The van der Waals surface area contributed by atoms with Crippen molar-refractivity contribution in [3.8, 4) is 0 Å². The second kappa shape index (κ2) is 4.87. The van der Waals surface area contributed by atoms with Crippen LogP contribution in [0, 0.1) is 6.92 Å². The van der Waals surface area contributed by atoms with Gasteiger partial charge in [0.05, 0.1) is 11.7 Å². The quantitative estimate of drug-likeness (QED) is 0.907. The molecule has 0 saturated heterocycles. The minimum Gasteiger partial charge on any atom is -0.347 e. The summed E-state index contributed by atoms with van der Waals surface area (Å²) in [6, 6.07) is 0.195. The number of hydrogen-bond acceptors (Lipinski definition) is 4. The molecule has 0 amide bonds. The lowest BCUT2D eigenvalue weighted by Gasteiger charge is -2.11. The summed E-state index contributed by atoms with van der Waals surface area (Å²) in [5.74, 6) is 0.892. The molecule has 1 N–H and O–H groups in total. The fraction of sp³-hybridized carbons (Fsp3) is 0.500. The molecule has 0 aliphatic rings. The highest BCUT2D eigenvalue weighted by molar-refractivity contribution is 7.11. The van der Waals surface area contributed by atoms with Gasteiger partial charge >= 0.3 is 0 Å². The first-order chi connectivity index (χ1) is 8.10. The normalized spacial score (nSPS) is 12.7. The monoisotopic (exact) mass is 250 g/mol. The summed E-state index contributed by atoms with van der Waals surface area (Å²) in [5, 5.41) is 4.50. The Morgan fingerprint density at radius 2 is 2.29 bits per heavy atom. The van der Waals surface area contributed by atoms with Crippen LogP contribution in [-0.4, -0.2) is 14.5 Å². The molecule has 2 aromatic rings. The maximum absolute atomic E-state index is 4.44. The first-order valence-corrected chi connectivity index (χ1v) is 6.63. The van der Waals surface area contributed by atoms with E-state index in [-0.39, 0.29) is 6.04 Å². The SMILES string of the molecule is CCc1cnc(C(C)Nc2nc(C)cn2C)s1. The van der Waals surface area contributed by atoms with Crippen LogP contribution in [0.25, 0.3) is 0 Å². The number of imidazole rings is 1. The lowest BCUT2D eigenvalue weighted by Crippen LogP contribution is -2.09.